The minimum absolute atomic E-state index is 0.0368. The molecule has 0 unspecified atom stereocenters. The van der Waals surface area contributed by atoms with Crippen LogP contribution in [0.4, 0.5) is 13.2 Å². The fraction of sp³-hybridized carbons (Fsp3) is 0.176. The number of pyridine rings is 1. The maximum Gasteiger partial charge on any atom is 0.406 e. The second kappa shape index (κ2) is 7.15. The number of nitrogens with zero attached hydrogens (tertiary/aromatic N) is 5. The van der Waals surface area contributed by atoms with Gasteiger partial charge in [0, 0.05) is 24.0 Å². The van der Waals surface area contributed by atoms with Crippen molar-refractivity contribution in [3.63, 3.8) is 0 Å². The fourth-order valence-electron chi connectivity index (χ4n) is 2.58. The molecule has 0 saturated heterocycles. The van der Waals surface area contributed by atoms with Gasteiger partial charge < -0.3 is 9.52 Å². The average molecular weight is 407 g/mol. The molecule has 0 bridgehead atoms. The van der Waals surface area contributed by atoms with Crippen LogP contribution in [0, 0.1) is 0 Å². The van der Waals surface area contributed by atoms with Crippen molar-refractivity contribution < 1.29 is 22.7 Å². The predicted molar refractivity (Wildman–Crippen MR) is 94.5 cm³/mol. The van der Waals surface area contributed by atoms with Crippen molar-refractivity contribution in [1.29, 1.82) is 0 Å². The monoisotopic (exact) mass is 407 g/mol. The van der Waals surface area contributed by atoms with Crippen molar-refractivity contribution in [2.75, 3.05) is 0 Å². The third-order valence-corrected chi connectivity index (χ3v) is 4.69. The van der Waals surface area contributed by atoms with E-state index in [1.165, 1.54) is 24.5 Å². The minimum Gasteiger partial charge on any atom is -0.508 e. The summed E-state index contributed by atoms with van der Waals surface area (Å²) in [4.78, 5) is 8.11. The third kappa shape index (κ3) is 3.93. The quantitative estimate of drug-likeness (QED) is 0.499. The Labute approximate surface area is 160 Å². The van der Waals surface area contributed by atoms with E-state index in [1.807, 2.05) is 0 Å². The molecule has 0 aliphatic carbocycles. The minimum atomic E-state index is -4.44. The summed E-state index contributed by atoms with van der Waals surface area (Å²) in [6, 6.07) is 7.63. The first kappa shape index (κ1) is 18.3. The van der Waals surface area contributed by atoms with E-state index in [4.69, 9.17) is 4.42 Å². The zero-order valence-electron chi connectivity index (χ0n) is 14.1. The lowest BCUT2D eigenvalue weighted by atomic mass is 10.2. The number of fused-ring (bicyclic) bond motifs is 1. The number of halogens is 3. The summed E-state index contributed by atoms with van der Waals surface area (Å²) >= 11 is 1.03. The van der Waals surface area contributed by atoms with E-state index in [2.05, 4.69) is 20.2 Å². The van der Waals surface area contributed by atoms with Crippen LogP contribution in [0.15, 0.2) is 52.3 Å². The first-order valence-corrected chi connectivity index (χ1v) is 8.99. The van der Waals surface area contributed by atoms with Crippen LogP contribution in [0.2, 0.25) is 0 Å². The average Bonchev–Trinajstić information content (AvgIpc) is 3.22. The number of alkyl halides is 3. The molecule has 3 heterocycles. The van der Waals surface area contributed by atoms with Crippen LogP contribution < -0.4 is 0 Å². The molecule has 3 aromatic heterocycles. The Balaban J connectivity index is 1.62. The highest BCUT2D eigenvalue weighted by Crippen LogP contribution is 2.30. The molecule has 11 heteroatoms. The van der Waals surface area contributed by atoms with E-state index in [-0.39, 0.29) is 22.5 Å². The summed E-state index contributed by atoms with van der Waals surface area (Å²) in [5.41, 5.74) is 1.42. The molecule has 28 heavy (non-hydrogen) atoms. The Morgan fingerprint density at radius 1 is 1.11 bits per heavy atom. The van der Waals surface area contributed by atoms with E-state index >= 15 is 0 Å². The Kier molecular flexibility index (Phi) is 4.67. The van der Waals surface area contributed by atoms with Crippen molar-refractivity contribution in [1.82, 2.24) is 24.7 Å². The molecular weight excluding hydrogens is 395 g/mol. The molecule has 0 fully saturated rings. The summed E-state index contributed by atoms with van der Waals surface area (Å²) in [6.07, 6.45) is -1.49. The topological polar surface area (TPSA) is 89.9 Å². The smallest absolute Gasteiger partial charge is 0.406 e. The van der Waals surface area contributed by atoms with Crippen molar-refractivity contribution >= 4 is 22.9 Å². The maximum absolute atomic E-state index is 13.1. The zero-order valence-corrected chi connectivity index (χ0v) is 14.9. The van der Waals surface area contributed by atoms with Gasteiger partial charge in [-0.3, -0.25) is 9.55 Å². The number of phenolic OH excluding ortho intramolecular Hbond substituents is 1. The van der Waals surface area contributed by atoms with E-state index in [9.17, 15) is 18.3 Å². The molecule has 0 radical (unpaired) electrons. The maximum atomic E-state index is 13.1. The number of rotatable bonds is 5. The molecule has 0 spiro atoms. The van der Waals surface area contributed by atoms with Gasteiger partial charge in [0.05, 0.1) is 5.75 Å². The highest BCUT2D eigenvalue weighted by atomic mass is 32.2. The van der Waals surface area contributed by atoms with Gasteiger partial charge in [0.2, 0.25) is 5.89 Å². The molecule has 0 aliphatic heterocycles. The summed E-state index contributed by atoms with van der Waals surface area (Å²) < 4.78 is 45.8. The molecule has 1 N–H and O–H groups in total. The van der Waals surface area contributed by atoms with Crippen LogP contribution in [0.3, 0.4) is 0 Å². The number of aromatic nitrogens is 5. The van der Waals surface area contributed by atoms with Gasteiger partial charge in [-0.1, -0.05) is 11.8 Å². The van der Waals surface area contributed by atoms with E-state index in [1.54, 1.807) is 18.2 Å². The van der Waals surface area contributed by atoms with Crippen LogP contribution in [-0.2, 0) is 12.3 Å². The highest BCUT2D eigenvalue weighted by molar-refractivity contribution is 7.98. The largest absolute Gasteiger partial charge is 0.508 e. The zero-order chi connectivity index (χ0) is 19.7. The van der Waals surface area contributed by atoms with Gasteiger partial charge in [-0.2, -0.15) is 13.2 Å². The number of phenols is 1. The van der Waals surface area contributed by atoms with Gasteiger partial charge in [0.1, 0.15) is 17.8 Å². The predicted octanol–water partition coefficient (Wildman–Crippen LogP) is 4.04. The summed E-state index contributed by atoms with van der Waals surface area (Å²) in [7, 11) is 0. The van der Waals surface area contributed by atoms with Crippen molar-refractivity contribution in [2.24, 2.45) is 0 Å². The Morgan fingerprint density at radius 3 is 2.64 bits per heavy atom. The molecule has 0 saturated carbocycles. The Bertz CT molecular complexity index is 1110. The number of hydrogen-bond donors (Lipinski definition) is 1. The Morgan fingerprint density at radius 2 is 1.89 bits per heavy atom. The number of benzene rings is 1. The highest BCUT2D eigenvalue weighted by Gasteiger charge is 2.31. The Hall–Kier alpha value is -3.08. The molecule has 0 amide bonds. The SMILES string of the molecule is Oc1ccc2nc(CSc3nnc(-c4ccncc4)n3CC(F)(F)F)oc2c1. The normalized spacial score (nSPS) is 12.0. The van der Waals surface area contributed by atoms with Gasteiger partial charge >= 0.3 is 6.18 Å². The number of oxazole rings is 1. The van der Waals surface area contributed by atoms with E-state index < -0.39 is 12.7 Å². The summed E-state index contributed by atoms with van der Waals surface area (Å²) in [6.45, 7) is -1.22. The molecule has 4 aromatic rings. The lowest BCUT2D eigenvalue weighted by molar-refractivity contribution is -0.141. The van der Waals surface area contributed by atoms with Gasteiger partial charge in [-0.15, -0.1) is 10.2 Å². The fourth-order valence-corrected chi connectivity index (χ4v) is 3.36. The summed E-state index contributed by atoms with van der Waals surface area (Å²) in [5, 5.41) is 17.4. The standard InChI is InChI=1S/C17H12F3N5O2S/c18-17(19,20)9-25-15(10-3-5-21-6-4-10)23-24-16(25)28-8-14-22-12-2-1-11(26)7-13(12)27-14/h1-7,26H,8-9H2. The van der Waals surface area contributed by atoms with Crippen LogP contribution in [0.5, 0.6) is 5.75 Å². The number of thioether (sulfide) groups is 1. The van der Waals surface area contributed by atoms with Gasteiger partial charge in [-0.25, -0.2) is 4.98 Å². The first-order chi connectivity index (χ1) is 13.4. The summed E-state index contributed by atoms with van der Waals surface area (Å²) in [5.74, 6) is 0.596. The molecule has 1 aromatic carbocycles. The molecule has 0 aliphatic rings. The van der Waals surface area contributed by atoms with E-state index in [0.717, 1.165) is 16.3 Å². The van der Waals surface area contributed by atoms with Gasteiger partial charge in [0.25, 0.3) is 0 Å². The van der Waals surface area contributed by atoms with Crippen LogP contribution in [-0.4, -0.2) is 36.0 Å². The third-order valence-electron chi connectivity index (χ3n) is 3.73. The molecular formula is C17H12F3N5O2S. The second-order valence-electron chi connectivity index (χ2n) is 5.79. The van der Waals surface area contributed by atoms with E-state index in [0.29, 0.717) is 22.6 Å². The molecule has 7 nitrogen and oxygen atoms in total. The van der Waals surface area contributed by atoms with Gasteiger partial charge in [0.15, 0.2) is 16.6 Å². The molecule has 4 rings (SSSR count). The van der Waals surface area contributed by atoms with Crippen LogP contribution >= 0.6 is 11.8 Å². The lowest BCUT2D eigenvalue weighted by Crippen LogP contribution is -2.19. The van der Waals surface area contributed by atoms with Crippen molar-refractivity contribution in [3.05, 3.63) is 48.6 Å². The van der Waals surface area contributed by atoms with Crippen LogP contribution in [0.1, 0.15) is 5.89 Å². The molecule has 144 valence electrons. The van der Waals surface area contributed by atoms with Crippen molar-refractivity contribution in [2.45, 2.75) is 23.6 Å². The van der Waals surface area contributed by atoms with Gasteiger partial charge in [-0.05, 0) is 24.3 Å². The molecule has 0 atom stereocenters. The lowest BCUT2D eigenvalue weighted by Gasteiger charge is -2.12. The second-order valence-corrected chi connectivity index (χ2v) is 6.73. The van der Waals surface area contributed by atoms with Crippen LogP contribution in [0.25, 0.3) is 22.5 Å². The number of aromatic hydroxyl groups is 1. The number of hydrogen-bond acceptors (Lipinski definition) is 7. The first-order valence-electron chi connectivity index (χ1n) is 8.01. The van der Waals surface area contributed by atoms with Crippen molar-refractivity contribution in [3.8, 4) is 17.1 Å².